The molecule has 1 aromatic rings. The van der Waals surface area contributed by atoms with Crippen molar-refractivity contribution in [2.24, 2.45) is 5.92 Å². The van der Waals surface area contributed by atoms with E-state index in [1.165, 1.54) is 6.42 Å². The van der Waals surface area contributed by atoms with E-state index in [2.05, 4.69) is 12.2 Å². The van der Waals surface area contributed by atoms with Crippen molar-refractivity contribution in [1.29, 1.82) is 0 Å². The van der Waals surface area contributed by atoms with Gasteiger partial charge in [-0.1, -0.05) is 44.0 Å². The summed E-state index contributed by atoms with van der Waals surface area (Å²) in [6, 6.07) is 7.46. The summed E-state index contributed by atoms with van der Waals surface area (Å²) in [5.74, 6) is -0.0136. The van der Waals surface area contributed by atoms with Gasteiger partial charge in [-0.05, 0) is 42.7 Å². The van der Waals surface area contributed by atoms with E-state index in [4.69, 9.17) is 0 Å². The number of hydrogen-bond acceptors (Lipinski definition) is 3. The van der Waals surface area contributed by atoms with Gasteiger partial charge in [0.1, 0.15) is 12.1 Å². The molecule has 144 valence electrons. The van der Waals surface area contributed by atoms with E-state index in [-0.39, 0.29) is 24.4 Å². The minimum Gasteiger partial charge on any atom is -0.341 e. The van der Waals surface area contributed by atoms with E-state index >= 15 is 0 Å². The van der Waals surface area contributed by atoms with Crippen LogP contribution in [-0.4, -0.2) is 47.3 Å². The standard InChI is InChI=1S/C21H27N3O3/c1-14-7-3-6-10-17(14)23(2)18(25)13-24-19(26)21(22-20(24)27)12-11-15-8-4-5-9-16(15)21/h4-5,8-9,14,17H,3,6-7,10-13H2,1-2H3,(H,22,27). The molecule has 0 radical (unpaired) electrons. The van der Waals surface area contributed by atoms with Gasteiger partial charge in [0.25, 0.3) is 5.91 Å². The molecule has 1 N–H and O–H groups in total. The smallest absolute Gasteiger partial charge is 0.325 e. The maximum Gasteiger partial charge on any atom is 0.325 e. The van der Waals surface area contributed by atoms with Crippen LogP contribution in [0, 0.1) is 5.92 Å². The van der Waals surface area contributed by atoms with Gasteiger partial charge in [0.15, 0.2) is 0 Å². The molecule has 4 rings (SSSR count). The van der Waals surface area contributed by atoms with Crippen molar-refractivity contribution in [3.8, 4) is 0 Å². The van der Waals surface area contributed by atoms with Crippen LogP contribution in [0.15, 0.2) is 24.3 Å². The van der Waals surface area contributed by atoms with Crippen molar-refractivity contribution in [2.45, 2.75) is 57.0 Å². The van der Waals surface area contributed by atoms with E-state index in [1.54, 1.807) is 11.9 Å². The number of hydrogen-bond donors (Lipinski definition) is 1. The molecule has 6 nitrogen and oxygen atoms in total. The summed E-state index contributed by atoms with van der Waals surface area (Å²) >= 11 is 0. The lowest BCUT2D eigenvalue weighted by molar-refractivity contribution is -0.140. The molecule has 4 amide bonds. The maximum absolute atomic E-state index is 13.2. The molecule has 1 aliphatic heterocycles. The number of benzene rings is 1. The highest BCUT2D eigenvalue weighted by Crippen LogP contribution is 2.41. The Morgan fingerprint density at radius 2 is 2.00 bits per heavy atom. The second-order valence-corrected chi connectivity index (χ2v) is 8.22. The Hall–Kier alpha value is -2.37. The summed E-state index contributed by atoms with van der Waals surface area (Å²) in [6.07, 6.45) is 5.73. The first-order valence-corrected chi connectivity index (χ1v) is 9.92. The lowest BCUT2D eigenvalue weighted by Crippen LogP contribution is -2.48. The number of urea groups is 1. The highest BCUT2D eigenvalue weighted by molar-refractivity contribution is 6.09. The Labute approximate surface area is 159 Å². The fraction of sp³-hybridized carbons (Fsp3) is 0.571. The van der Waals surface area contributed by atoms with Gasteiger partial charge in [0.05, 0.1) is 0 Å². The van der Waals surface area contributed by atoms with Gasteiger partial charge in [-0.3, -0.25) is 14.5 Å². The Bertz CT molecular complexity index is 793. The Morgan fingerprint density at radius 3 is 2.78 bits per heavy atom. The van der Waals surface area contributed by atoms with Crippen LogP contribution in [0.2, 0.25) is 0 Å². The van der Waals surface area contributed by atoms with Gasteiger partial charge < -0.3 is 10.2 Å². The number of carbonyl (C=O) groups is 3. The van der Waals surface area contributed by atoms with Gasteiger partial charge in [-0.15, -0.1) is 0 Å². The number of aryl methyl sites for hydroxylation is 1. The van der Waals surface area contributed by atoms with Gasteiger partial charge in [0, 0.05) is 13.1 Å². The lowest BCUT2D eigenvalue weighted by Gasteiger charge is -2.36. The van der Waals surface area contributed by atoms with E-state index in [0.717, 1.165) is 41.7 Å². The number of nitrogens with zero attached hydrogens (tertiary/aromatic N) is 2. The Morgan fingerprint density at radius 1 is 1.26 bits per heavy atom. The van der Waals surface area contributed by atoms with Crippen molar-refractivity contribution in [3.63, 3.8) is 0 Å². The van der Waals surface area contributed by atoms with Crippen LogP contribution in [0.5, 0.6) is 0 Å². The normalized spacial score (nSPS) is 29.8. The molecule has 6 heteroatoms. The monoisotopic (exact) mass is 369 g/mol. The zero-order valence-corrected chi connectivity index (χ0v) is 16.0. The second-order valence-electron chi connectivity index (χ2n) is 8.22. The van der Waals surface area contributed by atoms with Crippen molar-refractivity contribution < 1.29 is 14.4 Å². The first-order valence-electron chi connectivity index (χ1n) is 9.92. The maximum atomic E-state index is 13.2. The second kappa shape index (κ2) is 6.66. The molecule has 0 aromatic heterocycles. The largest absolute Gasteiger partial charge is 0.341 e. The topological polar surface area (TPSA) is 69.7 Å². The summed E-state index contributed by atoms with van der Waals surface area (Å²) in [6.45, 7) is 1.99. The van der Waals surface area contributed by atoms with Gasteiger partial charge in [0.2, 0.25) is 5.91 Å². The molecule has 2 aliphatic carbocycles. The number of likely N-dealkylation sites (N-methyl/N-ethyl adjacent to an activating group) is 1. The average molecular weight is 369 g/mol. The highest BCUT2D eigenvalue weighted by Gasteiger charge is 2.55. The summed E-state index contributed by atoms with van der Waals surface area (Å²) in [7, 11) is 1.80. The quantitative estimate of drug-likeness (QED) is 0.832. The number of amides is 4. The Balaban J connectivity index is 1.51. The molecule has 3 unspecified atom stereocenters. The van der Waals surface area contributed by atoms with Crippen molar-refractivity contribution in [2.75, 3.05) is 13.6 Å². The number of nitrogens with one attached hydrogen (secondary N) is 1. The van der Waals surface area contributed by atoms with Crippen LogP contribution in [0.25, 0.3) is 0 Å². The first-order chi connectivity index (χ1) is 12.9. The molecule has 27 heavy (non-hydrogen) atoms. The van der Waals surface area contributed by atoms with Crippen molar-refractivity contribution in [1.82, 2.24) is 15.1 Å². The third kappa shape index (κ3) is 2.82. The van der Waals surface area contributed by atoms with E-state index in [9.17, 15) is 14.4 Å². The molecule has 0 bridgehead atoms. The Kier molecular flexibility index (Phi) is 4.44. The van der Waals surface area contributed by atoms with Crippen LogP contribution >= 0.6 is 0 Å². The van der Waals surface area contributed by atoms with E-state index in [0.29, 0.717) is 12.3 Å². The van der Waals surface area contributed by atoms with Gasteiger partial charge >= 0.3 is 6.03 Å². The molecular formula is C21H27N3O3. The summed E-state index contributed by atoms with van der Waals surface area (Å²) in [5.41, 5.74) is 0.963. The molecule has 1 saturated carbocycles. The molecule has 3 aliphatic rings. The van der Waals surface area contributed by atoms with E-state index < -0.39 is 11.6 Å². The molecule has 1 spiro atoms. The zero-order valence-electron chi connectivity index (χ0n) is 16.0. The third-order valence-electron chi connectivity index (χ3n) is 6.67. The summed E-state index contributed by atoms with van der Waals surface area (Å²) < 4.78 is 0. The summed E-state index contributed by atoms with van der Waals surface area (Å²) in [4.78, 5) is 41.4. The van der Waals surface area contributed by atoms with Gasteiger partial charge in [-0.25, -0.2) is 4.79 Å². The number of imide groups is 1. The summed E-state index contributed by atoms with van der Waals surface area (Å²) in [5, 5.41) is 2.88. The zero-order chi connectivity index (χ0) is 19.2. The minimum atomic E-state index is -0.995. The van der Waals surface area contributed by atoms with Crippen LogP contribution in [0.4, 0.5) is 4.79 Å². The van der Waals surface area contributed by atoms with Crippen molar-refractivity contribution in [3.05, 3.63) is 35.4 Å². The average Bonchev–Trinajstić information content (AvgIpc) is 3.15. The first kappa shape index (κ1) is 18.0. The lowest BCUT2D eigenvalue weighted by atomic mass is 9.85. The molecule has 2 fully saturated rings. The molecule has 1 heterocycles. The van der Waals surface area contributed by atoms with Crippen LogP contribution < -0.4 is 5.32 Å². The minimum absolute atomic E-state index is 0.166. The van der Waals surface area contributed by atoms with E-state index in [1.807, 2.05) is 24.3 Å². The van der Waals surface area contributed by atoms with Crippen molar-refractivity contribution >= 4 is 17.8 Å². The van der Waals surface area contributed by atoms with Crippen LogP contribution in [0.3, 0.4) is 0 Å². The van der Waals surface area contributed by atoms with Gasteiger partial charge in [-0.2, -0.15) is 0 Å². The fourth-order valence-corrected chi connectivity index (χ4v) is 5.04. The molecular weight excluding hydrogens is 342 g/mol. The molecule has 3 atom stereocenters. The van der Waals surface area contributed by atoms with Crippen LogP contribution in [0.1, 0.15) is 50.2 Å². The third-order valence-corrected chi connectivity index (χ3v) is 6.67. The van der Waals surface area contributed by atoms with Crippen LogP contribution in [-0.2, 0) is 21.5 Å². The number of carbonyl (C=O) groups excluding carboxylic acids is 3. The number of rotatable bonds is 3. The molecule has 1 aromatic carbocycles. The predicted octanol–water partition coefficient (Wildman–Crippen LogP) is 2.42. The fourth-order valence-electron chi connectivity index (χ4n) is 5.04. The SMILES string of the molecule is CC1CCCCC1N(C)C(=O)CN1C(=O)NC2(CCc3ccccc32)C1=O. The number of fused-ring (bicyclic) bond motifs is 2. The predicted molar refractivity (Wildman–Crippen MR) is 101 cm³/mol. The highest BCUT2D eigenvalue weighted by atomic mass is 16.2. The molecule has 1 saturated heterocycles.